The van der Waals surface area contributed by atoms with E-state index in [1.54, 1.807) is 30.3 Å². The molecule has 1 aromatic heterocycles. The highest BCUT2D eigenvalue weighted by Gasteiger charge is 2.16. The molecule has 126 valence electrons. The standard InChI is InChI=1S/C17H17Cl2N3O2/c18-13-4-1-5-14(16(13)19)22-15-7-6-11(9-20-15)17(23)21-10-12-3-2-8-24-12/h1,4-7,9,12H,2-3,8,10H2,(H,20,22)(H,21,23). The van der Waals surface area contributed by atoms with Crippen LogP contribution in [0.4, 0.5) is 11.5 Å². The van der Waals surface area contributed by atoms with Crippen LogP contribution in [-0.4, -0.2) is 30.1 Å². The molecule has 24 heavy (non-hydrogen) atoms. The van der Waals surface area contributed by atoms with Gasteiger partial charge in [-0.2, -0.15) is 0 Å². The molecule has 1 unspecified atom stereocenters. The molecule has 1 saturated heterocycles. The SMILES string of the molecule is O=C(NCC1CCCO1)c1ccc(Nc2cccc(Cl)c2Cl)nc1. The lowest BCUT2D eigenvalue weighted by Gasteiger charge is -2.11. The van der Waals surface area contributed by atoms with Gasteiger partial charge < -0.3 is 15.4 Å². The van der Waals surface area contributed by atoms with Gasteiger partial charge in [0.05, 0.1) is 27.4 Å². The first-order valence-corrected chi connectivity index (χ1v) is 8.46. The quantitative estimate of drug-likeness (QED) is 0.838. The number of amides is 1. The van der Waals surface area contributed by atoms with E-state index in [0.717, 1.165) is 19.4 Å². The fourth-order valence-corrected chi connectivity index (χ4v) is 2.80. The first-order chi connectivity index (χ1) is 11.6. The number of carbonyl (C=O) groups is 1. The van der Waals surface area contributed by atoms with Crippen molar-refractivity contribution in [1.29, 1.82) is 0 Å². The number of anilines is 2. The summed E-state index contributed by atoms with van der Waals surface area (Å²) in [4.78, 5) is 16.3. The summed E-state index contributed by atoms with van der Waals surface area (Å²) < 4.78 is 5.48. The number of nitrogens with one attached hydrogen (secondary N) is 2. The van der Waals surface area contributed by atoms with Crippen LogP contribution in [0.3, 0.4) is 0 Å². The Balaban J connectivity index is 1.60. The molecule has 2 N–H and O–H groups in total. The third-order valence-electron chi connectivity index (χ3n) is 3.75. The zero-order valence-electron chi connectivity index (χ0n) is 12.9. The molecule has 1 atom stereocenters. The maximum absolute atomic E-state index is 12.1. The molecule has 2 heterocycles. The molecule has 0 radical (unpaired) electrons. The number of benzene rings is 1. The lowest BCUT2D eigenvalue weighted by molar-refractivity contribution is 0.0857. The molecule has 2 aromatic rings. The Hall–Kier alpha value is -1.82. The Labute approximate surface area is 150 Å². The maximum Gasteiger partial charge on any atom is 0.252 e. The van der Waals surface area contributed by atoms with Crippen molar-refractivity contribution >= 4 is 40.6 Å². The molecule has 0 aliphatic carbocycles. The number of pyridine rings is 1. The molecule has 0 saturated carbocycles. The molecule has 1 fully saturated rings. The summed E-state index contributed by atoms with van der Waals surface area (Å²) >= 11 is 12.1. The number of ether oxygens (including phenoxy) is 1. The number of hydrogen-bond acceptors (Lipinski definition) is 4. The summed E-state index contributed by atoms with van der Waals surface area (Å²) in [7, 11) is 0. The summed E-state index contributed by atoms with van der Waals surface area (Å²) in [5, 5.41) is 6.84. The Morgan fingerprint density at radius 2 is 2.17 bits per heavy atom. The normalized spacial score (nSPS) is 16.8. The molecule has 0 bridgehead atoms. The number of halogens is 2. The minimum atomic E-state index is -0.162. The number of nitrogens with zero attached hydrogens (tertiary/aromatic N) is 1. The fraction of sp³-hybridized carbons (Fsp3) is 0.294. The molecule has 1 amide bonds. The summed E-state index contributed by atoms with van der Waals surface area (Å²) in [6.45, 7) is 1.30. The summed E-state index contributed by atoms with van der Waals surface area (Å²) in [5.74, 6) is 0.417. The summed E-state index contributed by atoms with van der Waals surface area (Å²) in [5.41, 5.74) is 1.16. The average Bonchev–Trinajstić information content (AvgIpc) is 3.11. The second kappa shape index (κ2) is 7.83. The van der Waals surface area contributed by atoms with E-state index in [9.17, 15) is 4.79 Å². The van der Waals surface area contributed by atoms with Crippen LogP contribution in [0, 0.1) is 0 Å². The van der Waals surface area contributed by atoms with Crippen molar-refractivity contribution in [2.45, 2.75) is 18.9 Å². The van der Waals surface area contributed by atoms with Gasteiger partial charge in [0, 0.05) is 19.3 Å². The van der Waals surface area contributed by atoms with E-state index < -0.39 is 0 Å². The van der Waals surface area contributed by atoms with Crippen LogP contribution in [0.2, 0.25) is 10.0 Å². The van der Waals surface area contributed by atoms with Crippen molar-refractivity contribution in [2.24, 2.45) is 0 Å². The molecule has 1 aromatic carbocycles. The highest BCUT2D eigenvalue weighted by Crippen LogP contribution is 2.31. The lowest BCUT2D eigenvalue weighted by Crippen LogP contribution is -2.31. The van der Waals surface area contributed by atoms with E-state index in [4.69, 9.17) is 27.9 Å². The van der Waals surface area contributed by atoms with Gasteiger partial charge in [-0.3, -0.25) is 4.79 Å². The van der Waals surface area contributed by atoms with Crippen LogP contribution in [0.1, 0.15) is 23.2 Å². The van der Waals surface area contributed by atoms with E-state index in [2.05, 4.69) is 15.6 Å². The number of rotatable bonds is 5. The van der Waals surface area contributed by atoms with Gasteiger partial charge in [-0.05, 0) is 37.1 Å². The molecule has 7 heteroatoms. The predicted molar refractivity (Wildman–Crippen MR) is 95.3 cm³/mol. The molecule has 1 aliphatic rings. The molecular weight excluding hydrogens is 349 g/mol. The Morgan fingerprint density at radius 1 is 1.29 bits per heavy atom. The highest BCUT2D eigenvalue weighted by atomic mass is 35.5. The van der Waals surface area contributed by atoms with Gasteiger partial charge in [0.2, 0.25) is 0 Å². The number of hydrogen-bond donors (Lipinski definition) is 2. The average molecular weight is 366 g/mol. The minimum Gasteiger partial charge on any atom is -0.376 e. The van der Waals surface area contributed by atoms with Gasteiger partial charge in [0.1, 0.15) is 5.82 Å². The lowest BCUT2D eigenvalue weighted by atomic mass is 10.2. The van der Waals surface area contributed by atoms with Gasteiger partial charge in [-0.1, -0.05) is 29.3 Å². The Morgan fingerprint density at radius 3 is 2.88 bits per heavy atom. The first-order valence-electron chi connectivity index (χ1n) is 7.70. The predicted octanol–water partition coefficient (Wildman–Crippen LogP) is 4.04. The third kappa shape index (κ3) is 4.17. The van der Waals surface area contributed by atoms with Crippen molar-refractivity contribution in [3.63, 3.8) is 0 Å². The second-order valence-corrected chi connectivity index (χ2v) is 6.29. The summed E-state index contributed by atoms with van der Waals surface area (Å²) in [6, 6.07) is 8.74. The van der Waals surface area contributed by atoms with Crippen LogP contribution < -0.4 is 10.6 Å². The van der Waals surface area contributed by atoms with E-state index in [-0.39, 0.29) is 12.0 Å². The van der Waals surface area contributed by atoms with Crippen LogP contribution in [-0.2, 0) is 4.74 Å². The topological polar surface area (TPSA) is 63.2 Å². The van der Waals surface area contributed by atoms with Crippen LogP contribution in [0.5, 0.6) is 0 Å². The maximum atomic E-state index is 12.1. The number of aromatic nitrogens is 1. The number of carbonyl (C=O) groups excluding carboxylic acids is 1. The van der Waals surface area contributed by atoms with Crippen molar-refractivity contribution in [3.8, 4) is 0 Å². The Bertz CT molecular complexity index is 716. The van der Waals surface area contributed by atoms with Crippen LogP contribution in [0.15, 0.2) is 36.5 Å². The van der Waals surface area contributed by atoms with E-state index in [1.165, 1.54) is 6.20 Å². The van der Waals surface area contributed by atoms with E-state index in [1.807, 2.05) is 0 Å². The van der Waals surface area contributed by atoms with Gasteiger partial charge in [-0.15, -0.1) is 0 Å². The van der Waals surface area contributed by atoms with Crippen LogP contribution in [0.25, 0.3) is 0 Å². The molecule has 3 rings (SSSR count). The highest BCUT2D eigenvalue weighted by molar-refractivity contribution is 6.43. The van der Waals surface area contributed by atoms with Crippen molar-refractivity contribution in [2.75, 3.05) is 18.5 Å². The second-order valence-electron chi connectivity index (χ2n) is 5.50. The Kier molecular flexibility index (Phi) is 5.56. The van der Waals surface area contributed by atoms with Gasteiger partial charge in [0.25, 0.3) is 5.91 Å². The van der Waals surface area contributed by atoms with Gasteiger partial charge in [0.15, 0.2) is 0 Å². The zero-order valence-corrected chi connectivity index (χ0v) is 14.4. The van der Waals surface area contributed by atoms with Crippen molar-refractivity contribution < 1.29 is 9.53 Å². The fourth-order valence-electron chi connectivity index (χ4n) is 2.45. The van der Waals surface area contributed by atoms with E-state index >= 15 is 0 Å². The largest absolute Gasteiger partial charge is 0.376 e. The summed E-state index contributed by atoms with van der Waals surface area (Å²) in [6.07, 6.45) is 3.68. The molecule has 5 nitrogen and oxygen atoms in total. The van der Waals surface area contributed by atoms with E-state index in [0.29, 0.717) is 33.7 Å². The van der Waals surface area contributed by atoms with Crippen molar-refractivity contribution in [1.82, 2.24) is 10.3 Å². The van der Waals surface area contributed by atoms with Gasteiger partial charge in [-0.25, -0.2) is 4.98 Å². The third-order valence-corrected chi connectivity index (χ3v) is 4.57. The molecule has 1 aliphatic heterocycles. The molecular formula is C17H17Cl2N3O2. The first kappa shape index (κ1) is 17.0. The molecule has 0 spiro atoms. The smallest absolute Gasteiger partial charge is 0.252 e. The van der Waals surface area contributed by atoms with Crippen LogP contribution >= 0.6 is 23.2 Å². The minimum absolute atomic E-state index is 0.118. The van der Waals surface area contributed by atoms with Crippen molar-refractivity contribution in [3.05, 3.63) is 52.1 Å². The monoisotopic (exact) mass is 365 g/mol. The zero-order chi connectivity index (χ0) is 16.9. The van der Waals surface area contributed by atoms with Gasteiger partial charge >= 0.3 is 0 Å².